The topological polar surface area (TPSA) is 65.6 Å². The Bertz CT molecular complexity index is 213. The summed E-state index contributed by atoms with van der Waals surface area (Å²) in [5.74, 6) is 0.546. The zero-order valence-electron chi connectivity index (χ0n) is 7.45. The molecule has 0 fully saturated rings. The first-order valence-corrected chi connectivity index (χ1v) is 4.18. The summed E-state index contributed by atoms with van der Waals surface area (Å²) in [5.41, 5.74) is 0. The summed E-state index contributed by atoms with van der Waals surface area (Å²) in [6, 6.07) is 0. The van der Waals surface area contributed by atoms with Crippen LogP contribution in [0.4, 0.5) is 0 Å². The van der Waals surface area contributed by atoms with E-state index in [9.17, 15) is 9.59 Å². The van der Waals surface area contributed by atoms with Crippen molar-refractivity contribution in [2.24, 2.45) is 0 Å². The van der Waals surface area contributed by atoms with Gasteiger partial charge in [0, 0.05) is 12.8 Å². The van der Waals surface area contributed by atoms with Crippen molar-refractivity contribution in [2.45, 2.75) is 25.7 Å². The molecule has 72 valence electrons. The van der Waals surface area contributed by atoms with Crippen molar-refractivity contribution in [2.75, 3.05) is 0 Å². The minimum absolute atomic E-state index is 0. The van der Waals surface area contributed by atoms with Crippen LogP contribution < -0.4 is 0 Å². The predicted octanol–water partition coefficient (Wildman–Crippen LogP) is 0.986. The van der Waals surface area contributed by atoms with Crippen LogP contribution in [0, 0.1) is 0 Å². The lowest BCUT2D eigenvalue weighted by atomic mass is 10.3. The standard InChI is InChI=1S/2C5H6O.H2O/c2*6-5-3-1-2-4-5;/h2*1,3H,2,4H2;1H2. The van der Waals surface area contributed by atoms with Gasteiger partial charge < -0.3 is 5.48 Å². The molecule has 3 heteroatoms. The highest BCUT2D eigenvalue weighted by molar-refractivity contribution is 5.92. The Morgan fingerprint density at radius 1 is 0.846 bits per heavy atom. The predicted molar refractivity (Wildman–Crippen MR) is 50.4 cm³/mol. The molecule has 0 aromatic heterocycles. The molecule has 0 saturated heterocycles. The fourth-order valence-electron chi connectivity index (χ4n) is 1.05. The summed E-state index contributed by atoms with van der Waals surface area (Å²) in [7, 11) is 0. The van der Waals surface area contributed by atoms with Crippen LogP contribution in [0.2, 0.25) is 0 Å². The molecular weight excluding hydrogens is 168 g/mol. The minimum Gasteiger partial charge on any atom is -0.412 e. The van der Waals surface area contributed by atoms with Gasteiger partial charge in [-0.1, -0.05) is 12.2 Å². The lowest BCUT2D eigenvalue weighted by molar-refractivity contribution is -0.114. The van der Waals surface area contributed by atoms with Crippen molar-refractivity contribution in [3.05, 3.63) is 24.3 Å². The molecule has 2 aliphatic carbocycles. The van der Waals surface area contributed by atoms with Gasteiger partial charge in [0.05, 0.1) is 0 Å². The minimum atomic E-state index is 0. The molecule has 0 spiro atoms. The Kier molecular flexibility index (Phi) is 5.72. The van der Waals surface area contributed by atoms with E-state index in [1.54, 1.807) is 12.2 Å². The van der Waals surface area contributed by atoms with Crippen molar-refractivity contribution in [1.29, 1.82) is 0 Å². The van der Waals surface area contributed by atoms with Gasteiger partial charge in [0.25, 0.3) is 0 Å². The van der Waals surface area contributed by atoms with E-state index in [1.165, 1.54) is 0 Å². The summed E-state index contributed by atoms with van der Waals surface area (Å²) >= 11 is 0. The Labute approximate surface area is 77.4 Å². The van der Waals surface area contributed by atoms with Crippen molar-refractivity contribution in [1.82, 2.24) is 0 Å². The first kappa shape index (κ1) is 11.8. The quantitative estimate of drug-likeness (QED) is 0.560. The number of rotatable bonds is 0. The molecule has 0 radical (unpaired) electrons. The van der Waals surface area contributed by atoms with Crippen LogP contribution >= 0.6 is 0 Å². The third-order valence-corrected chi connectivity index (χ3v) is 1.72. The molecule has 0 aliphatic heterocycles. The molecule has 0 unspecified atom stereocenters. The highest BCUT2D eigenvalue weighted by atomic mass is 16.1. The van der Waals surface area contributed by atoms with Gasteiger partial charge >= 0.3 is 0 Å². The van der Waals surface area contributed by atoms with E-state index in [-0.39, 0.29) is 17.0 Å². The second-order valence-electron chi connectivity index (χ2n) is 2.81. The number of carbonyl (C=O) groups excluding carboxylic acids is 2. The van der Waals surface area contributed by atoms with Gasteiger partial charge in [-0.15, -0.1) is 0 Å². The van der Waals surface area contributed by atoms with E-state index in [0.717, 1.165) is 25.7 Å². The smallest absolute Gasteiger partial charge is 0.155 e. The fraction of sp³-hybridized carbons (Fsp3) is 0.400. The molecular formula is C10H14O3. The fourth-order valence-corrected chi connectivity index (χ4v) is 1.05. The zero-order valence-corrected chi connectivity index (χ0v) is 7.45. The SMILES string of the molecule is O.O=C1C=CCC1.O=C1C=CCC1. The summed E-state index contributed by atoms with van der Waals surface area (Å²) < 4.78 is 0. The zero-order chi connectivity index (χ0) is 8.81. The molecule has 0 amide bonds. The first-order valence-electron chi connectivity index (χ1n) is 4.18. The number of ketones is 2. The van der Waals surface area contributed by atoms with E-state index in [1.807, 2.05) is 12.2 Å². The van der Waals surface area contributed by atoms with Crippen LogP contribution in [-0.2, 0) is 9.59 Å². The maximum atomic E-state index is 10.2. The van der Waals surface area contributed by atoms with Crippen molar-refractivity contribution in [3.63, 3.8) is 0 Å². The summed E-state index contributed by atoms with van der Waals surface area (Å²) in [4.78, 5) is 20.3. The molecule has 2 N–H and O–H groups in total. The molecule has 0 aromatic carbocycles. The van der Waals surface area contributed by atoms with Crippen LogP contribution in [0.25, 0.3) is 0 Å². The highest BCUT2D eigenvalue weighted by Crippen LogP contribution is 2.01. The normalized spacial score (nSPS) is 18.2. The maximum Gasteiger partial charge on any atom is 0.155 e. The summed E-state index contributed by atoms with van der Waals surface area (Å²) in [6.07, 6.45) is 10.5. The number of hydrogen-bond acceptors (Lipinski definition) is 2. The molecule has 0 aromatic rings. The van der Waals surface area contributed by atoms with E-state index in [4.69, 9.17) is 0 Å². The lowest BCUT2D eigenvalue weighted by Crippen LogP contribution is -1.80. The molecule has 0 atom stereocenters. The molecule has 0 saturated carbocycles. The van der Waals surface area contributed by atoms with Crippen molar-refractivity contribution in [3.8, 4) is 0 Å². The van der Waals surface area contributed by atoms with E-state index in [0.29, 0.717) is 0 Å². The second kappa shape index (κ2) is 6.31. The molecule has 2 aliphatic rings. The summed E-state index contributed by atoms with van der Waals surface area (Å²) in [6.45, 7) is 0. The van der Waals surface area contributed by atoms with Gasteiger partial charge in [-0.25, -0.2) is 0 Å². The monoisotopic (exact) mass is 182 g/mol. The van der Waals surface area contributed by atoms with E-state index in [2.05, 4.69) is 0 Å². The van der Waals surface area contributed by atoms with Gasteiger partial charge in [-0.3, -0.25) is 9.59 Å². The van der Waals surface area contributed by atoms with Crippen LogP contribution in [0.5, 0.6) is 0 Å². The third-order valence-electron chi connectivity index (χ3n) is 1.72. The number of hydrogen-bond donors (Lipinski definition) is 0. The third kappa shape index (κ3) is 5.09. The summed E-state index contributed by atoms with van der Waals surface area (Å²) in [5, 5.41) is 0. The van der Waals surface area contributed by atoms with Crippen LogP contribution in [0.1, 0.15) is 25.7 Å². The average Bonchev–Trinajstić information content (AvgIpc) is 2.63. The Balaban J connectivity index is 0.000000206. The Morgan fingerprint density at radius 2 is 1.23 bits per heavy atom. The van der Waals surface area contributed by atoms with Gasteiger partial charge in [0.15, 0.2) is 11.6 Å². The first-order chi connectivity index (χ1) is 5.79. The van der Waals surface area contributed by atoms with Crippen molar-refractivity contribution >= 4 is 11.6 Å². The van der Waals surface area contributed by atoms with Crippen molar-refractivity contribution < 1.29 is 15.1 Å². The van der Waals surface area contributed by atoms with Gasteiger partial charge in [0.2, 0.25) is 0 Å². The average molecular weight is 182 g/mol. The van der Waals surface area contributed by atoms with Gasteiger partial charge in [-0.05, 0) is 25.0 Å². The van der Waals surface area contributed by atoms with Crippen LogP contribution in [0.3, 0.4) is 0 Å². The van der Waals surface area contributed by atoms with Crippen LogP contribution in [0.15, 0.2) is 24.3 Å². The molecule has 13 heavy (non-hydrogen) atoms. The molecule has 0 heterocycles. The van der Waals surface area contributed by atoms with Crippen LogP contribution in [-0.4, -0.2) is 17.0 Å². The number of carbonyl (C=O) groups is 2. The lowest BCUT2D eigenvalue weighted by Gasteiger charge is -1.71. The molecule has 0 bridgehead atoms. The van der Waals surface area contributed by atoms with E-state index < -0.39 is 0 Å². The molecule has 3 nitrogen and oxygen atoms in total. The Morgan fingerprint density at radius 3 is 1.31 bits per heavy atom. The largest absolute Gasteiger partial charge is 0.412 e. The second-order valence-corrected chi connectivity index (χ2v) is 2.81. The maximum absolute atomic E-state index is 10.2. The van der Waals surface area contributed by atoms with Gasteiger partial charge in [0.1, 0.15) is 0 Å². The Hall–Kier alpha value is -1.22. The molecule has 2 rings (SSSR count). The number of allylic oxidation sites excluding steroid dienone is 4. The van der Waals surface area contributed by atoms with E-state index >= 15 is 0 Å². The highest BCUT2D eigenvalue weighted by Gasteiger charge is 1.99. The van der Waals surface area contributed by atoms with Gasteiger partial charge in [-0.2, -0.15) is 0 Å².